The molecule has 0 aliphatic carbocycles. The van der Waals surface area contributed by atoms with Crippen molar-refractivity contribution in [3.05, 3.63) is 0 Å². The number of hydrogen-bond acceptors (Lipinski definition) is 3. The van der Waals surface area contributed by atoms with E-state index in [-0.39, 0.29) is 0 Å². The molecule has 1 N–H and O–H groups in total. The van der Waals surface area contributed by atoms with Crippen LogP contribution >= 0.6 is 0 Å². The lowest BCUT2D eigenvalue weighted by Crippen LogP contribution is -2.55. The molecule has 17 heavy (non-hydrogen) atoms. The second-order valence-electron chi connectivity index (χ2n) is 5.88. The molecule has 2 rings (SSSR count). The number of nitrogens with zero attached hydrogens (tertiary/aromatic N) is 1. The van der Waals surface area contributed by atoms with Crippen molar-refractivity contribution in [2.24, 2.45) is 11.8 Å². The summed E-state index contributed by atoms with van der Waals surface area (Å²) < 4.78 is 5.81. The molecule has 0 spiro atoms. The molecule has 2 aliphatic heterocycles. The maximum absolute atomic E-state index is 5.81. The van der Waals surface area contributed by atoms with E-state index in [0.29, 0.717) is 12.1 Å². The molecular formula is C14H28N2O. The van der Waals surface area contributed by atoms with Crippen molar-refractivity contribution in [2.75, 3.05) is 32.8 Å². The normalized spacial score (nSPS) is 35.6. The Bertz CT molecular complexity index is 232. The van der Waals surface area contributed by atoms with Gasteiger partial charge in [0, 0.05) is 38.8 Å². The number of ether oxygens (including phenoxy) is 1. The van der Waals surface area contributed by atoms with Gasteiger partial charge in [-0.3, -0.25) is 4.90 Å². The highest BCUT2D eigenvalue weighted by atomic mass is 16.5. The van der Waals surface area contributed by atoms with Crippen LogP contribution in [-0.2, 0) is 4.74 Å². The highest BCUT2D eigenvalue weighted by Crippen LogP contribution is 2.26. The van der Waals surface area contributed by atoms with Crippen LogP contribution in [0.5, 0.6) is 0 Å². The second-order valence-corrected chi connectivity index (χ2v) is 5.88. The molecule has 0 saturated carbocycles. The molecule has 0 aromatic carbocycles. The van der Waals surface area contributed by atoms with E-state index in [2.05, 4.69) is 31.0 Å². The molecular weight excluding hydrogens is 212 g/mol. The molecule has 3 nitrogen and oxygen atoms in total. The molecule has 100 valence electrons. The first-order valence-corrected chi connectivity index (χ1v) is 7.28. The Morgan fingerprint density at radius 2 is 2.24 bits per heavy atom. The van der Waals surface area contributed by atoms with Gasteiger partial charge in [0.2, 0.25) is 0 Å². The van der Waals surface area contributed by atoms with Gasteiger partial charge in [-0.25, -0.2) is 0 Å². The Kier molecular flexibility index (Phi) is 4.83. The lowest BCUT2D eigenvalue weighted by atomic mass is 9.95. The van der Waals surface area contributed by atoms with Crippen LogP contribution in [-0.4, -0.2) is 49.8 Å². The van der Waals surface area contributed by atoms with Crippen molar-refractivity contribution in [1.82, 2.24) is 10.2 Å². The van der Waals surface area contributed by atoms with Gasteiger partial charge in [0.25, 0.3) is 0 Å². The van der Waals surface area contributed by atoms with Crippen molar-refractivity contribution >= 4 is 0 Å². The highest BCUT2D eigenvalue weighted by Gasteiger charge is 2.32. The Hall–Kier alpha value is -0.120. The van der Waals surface area contributed by atoms with Crippen LogP contribution in [0.15, 0.2) is 0 Å². The zero-order chi connectivity index (χ0) is 12.3. The summed E-state index contributed by atoms with van der Waals surface area (Å²) in [6.45, 7) is 12.6. The lowest BCUT2D eigenvalue weighted by Gasteiger charge is -2.40. The third-order valence-electron chi connectivity index (χ3n) is 4.39. The van der Waals surface area contributed by atoms with E-state index in [9.17, 15) is 0 Å². The van der Waals surface area contributed by atoms with Crippen LogP contribution in [0.25, 0.3) is 0 Å². The summed E-state index contributed by atoms with van der Waals surface area (Å²) in [6.07, 6.45) is 2.94. The monoisotopic (exact) mass is 240 g/mol. The molecule has 2 saturated heterocycles. The quantitative estimate of drug-likeness (QED) is 0.810. The smallest absolute Gasteiger partial charge is 0.0613 e. The first-order valence-electron chi connectivity index (χ1n) is 7.28. The minimum atomic E-state index is 0.512. The Balaban J connectivity index is 1.91. The maximum atomic E-state index is 5.81. The van der Waals surface area contributed by atoms with E-state index in [1.54, 1.807) is 0 Å². The second kappa shape index (κ2) is 6.17. The Morgan fingerprint density at radius 1 is 1.41 bits per heavy atom. The van der Waals surface area contributed by atoms with Gasteiger partial charge in [-0.2, -0.15) is 0 Å². The molecule has 0 bridgehead atoms. The van der Waals surface area contributed by atoms with Gasteiger partial charge >= 0.3 is 0 Å². The summed E-state index contributed by atoms with van der Waals surface area (Å²) in [5.74, 6) is 1.50. The van der Waals surface area contributed by atoms with Gasteiger partial charge in [0.05, 0.1) is 6.10 Å². The number of rotatable bonds is 4. The van der Waals surface area contributed by atoms with Crippen molar-refractivity contribution in [3.63, 3.8) is 0 Å². The summed E-state index contributed by atoms with van der Waals surface area (Å²) in [6, 6.07) is 0.710. The molecule has 3 unspecified atom stereocenters. The van der Waals surface area contributed by atoms with E-state index in [0.717, 1.165) is 31.5 Å². The topological polar surface area (TPSA) is 24.5 Å². The van der Waals surface area contributed by atoms with Gasteiger partial charge < -0.3 is 10.1 Å². The number of nitrogens with one attached hydrogen (secondary N) is 1. The number of hydrogen-bond donors (Lipinski definition) is 1. The Labute approximate surface area is 106 Å². The number of piperazine rings is 1. The van der Waals surface area contributed by atoms with Crippen molar-refractivity contribution in [2.45, 2.75) is 45.8 Å². The van der Waals surface area contributed by atoms with E-state index in [1.165, 1.54) is 25.9 Å². The molecule has 2 aliphatic rings. The van der Waals surface area contributed by atoms with Crippen molar-refractivity contribution < 1.29 is 4.74 Å². The zero-order valence-electron chi connectivity index (χ0n) is 11.6. The SMILES string of the molecule is CCC1OCCC1CN1CCNCC1C(C)C. The molecule has 0 radical (unpaired) electrons. The van der Waals surface area contributed by atoms with Gasteiger partial charge in [-0.15, -0.1) is 0 Å². The third-order valence-corrected chi connectivity index (χ3v) is 4.39. The summed E-state index contributed by atoms with van der Waals surface area (Å²) in [5.41, 5.74) is 0. The summed E-state index contributed by atoms with van der Waals surface area (Å²) >= 11 is 0. The standard InChI is InChI=1S/C14H28N2O/c1-4-14-12(5-8-17-14)10-16-7-6-15-9-13(16)11(2)3/h11-15H,4-10H2,1-3H3. The molecule has 2 fully saturated rings. The van der Waals surface area contributed by atoms with Crippen LogP contribution in [0.2, 0.25) is 0 Å². The molecule has 2 heterocycles. The lowest BCUT2D eigenvalue weighted by molar-refractivity contribution is 0.0542. The predicted octanol–water partition coefficient (Wildman–Crippen LogP) is 1.73. The van der Waals surface area contributed by atoms with Gasteiger partial charge in [-0.05, 0) is 24.7 Å². The van der Waals surface area contributed by atoms with Crippen LogP contribution in [0.3, 0.4) is 0 Å². The highest BCUT2D eigenvalue weighted by molar-refractivity contribution is 4.86. The van der Waals surface area contributed by atoms with Crippen LogP contribution in [0, 0.1) is 11.8 Å². The molecule has 0 aromatic heterocycles. The van der Waals surface area contributed by atoms with Gasteiger partial charge in [0.15, 0.2) is 0 Å². The van der Waals surface area contributed by atoms with E-state index < -0.39 is 0 Å². The first kappa shape index (κ1) is 13.3. The molecule has 0 aromatic rings. The molecule has 3 heteroatoms. The average Bonchev–Trinajstić information content (AvgIpc) is 2.77. The zero-order valence-corrected chi connectivity index (χ0v) is 11.6. The van der Waals surface area contributed by atoms with E-state index in [1.807, 2.05) is 0 Å². The van der Waals surface area contributed by atoms with Crippen molar-refractivity contribution in [1.29, 1.82) is 0 Å². The first-order chi connectivity index (χ1) is 8.22. The van der Waals surface area contributed by atoms with Gasteiger partial charge in [0.1, 0.15) is 0 Å². The van der Waals surface area contributed by atoms with E-state index >= 15 is 0 Å². The van der Waals surface area contributed by atoms with Crippen LogP contribution < -0.4 is 5.32 Å². The fourth-order valence-corrected chi connectivity index (χ4v) is 3.31. The fraction of sp³-hybridized carbons (Fsp3) is 1.00. The largest absolute Gasteiger partial charge is 0.378 e. The average molecular weight is 240 g/mol. The van der Waals surface area contributed by atoms with Crippen LogP contribution in [0.1, 0.15) is 33.6 Å². The Morgan fingerprint density at radius 3 is 2.94 bits per heavy atom. The summed E-state index contributed by atoms with van der Waals surface area (Å²) in [5, 5.41) is 3.52. The maximum Gasteiger partial charge on any atom is 0.0613 e. The molecule has 0 amide bonds. The minimum Gasteiger partial charge on any atom is -0.378 e. The fourth-order valence-electron chi connectivity index (χ4n) is 3.31. The van der Waals surface area contributed by atoms with Gasteiger partial charge in [-0.1, -0.05) is 20.8 Å². The van der Waals surface area contributed by atoms with E-state index in [4.69, 9.17) is 4.74 Å². The molecule has 3 atom stereocenters. The van der Waals surface area contributed by atoms with Crippen LogP contribution in [0.4, 0.5) is 0 Å². The summed E-state index contributed by atoms with van der Waals surface area (Å²) in [4.78, 5) is 2.70. The predicted molar refractivity (Wildman–Crippen MR) is 71.2 cm³/mol. The third kappa shape index (κ3) is 3.21. The van der Waals surface area contributed by atoms with Crippen molar-refractivity contribution in [3.8, 4) is 0 Å². The minimum absolute atomic E-state index is 0.512. The summed E-state index contributed by atoms with van der Waals surface area (Å²) in [7, 11) is 0.